The van der Waals surface area contributed by atoms with Crippen molar-refractivity contribution in [3.63, 3.8) is 0 Å². The minimum absolute atomic E-state index is 0.351. The lowest BCUT2D eigenvalue weighted by Crippen LogP contribution is -2.15. The van der Waals surface area contributed by atoms with Crippen molar-refractivity contribution < 1.29 is 0 Å². The molecule has 0 saturated carbocycles. The van der Waals surface area contributed by atoms with Crippen molar-refractivity contribution in [3.8, 4) is 0 Å². The summed E-state index contributed by atoms with van der Waals surface area (Å²) in [4.78, 5) is 8.44. The molecule has 0 spiro atoms. The van der Waals surface area contributed by atoms with Crippen LogP contribution in [-0.4, -0.2) is 22.1 Å². The van der Waals surface area contributed by atoms with Crippen LogP contribution in [0.25, 0.3) is 0 Å². The summed E-state index contributed by atoms with van der Waals surface area (Å²) in [5.41, 5.74) is 0. The molecule has 2 N–H and O–H groups in total. The molecule has 0 aliphatic rings. The lowest BCUT2D eigenvalue weighted by atomic mass is 10.4. The summed E-state index contributed by atoms with van der Waals surface area (Å²) >= 11 is 0. The Morgan fingerprint density at radius 2 is 1.71 bits per heavy atom. The van der Waals surface area contributed by atoms with E-state index in [0.29, 0.717) is 18.0 Å². The number of nitrogens with zero attached hydrogens (tertiary/aromatic N) is 2. The van der Waals surface area contributed by atoms with Gasteiger partial charge >= 0.3 is 0 Å². The van der Waals surface area contributed by atoms with E-state index in [0.717, 1.165) is 5.82 Å². The van der Waals surface area contributed by atoms with Gasteiger partial charge in [0.15, 0.2) is 0 Å². The fourth-order valence-electron chi connectivity index (χ4n) is 1.06. The molecule has 0 amide bonds. The van der Waals surface area contributed by atoms with Gasteiger partial charge in [0.25, 0.3) is 0 Å². The number of anilines is 2. The van der Waals surface area contributed by atoms with Gasteiger partial charge in [-0.3, -0.25) is 0 Å². The maximum Gasteiger partial charge on any atom is 0.224 e. The van der Waals surface area contributed by atoms with E-state index in [1.165, 1.54) is 0 Å². The molecule has 0 atom stereocenters. The first kappa shape index (κ1) is 10.8. The Kier molecular flexibility index (Phi) is 3.68. The molecular weight excluding hydrogens is 176 g/mol. The van der Waals surface area contributed by atoms with Crippen molar-refractivity contribution in [3.05, 3.63) is 12.3 Å². The number of nitrogens with one attached hydrogen (secondary N) is 2. The van der Waals surface area contributed by atoms with Crippen LogP contribution in [0.4, 0.5) is 11.8 Å². The Bertz CT molecular complexity index is 258. The smallest absolute Gasteiger partial charge is 0.224 e. The summed E-state index contributed by atoms with van der Waals surface area (Å²) in [6.45, 7) is 8.28. The first-order chi connectivity index (χ1) is 6.58. The van der Waals surface area contributed by atoms with E-state index in [9.17, 15) is 0 Å². The van der Waals surface area contributed by atoms with E-state index < -0.39 is 0 Å². The van der Waals surface area contributed by atoms with Gasteiger partial charge in [0, 0.05) is 18.3 Å². The molecule has 1 aromatic heterocycles. The molecule has 0 aromatic carbocycles. The molecule has 4 nitrogen and oxygen atoms in total. The fourth-order valence-corrected chi connectivity index (χ4v) is 1.06. The van der Waals surface area contributed by atoms with Gasteiger partial charge in [-0.2, -0.15) is 4.98 Å². The molecule has 0 radical (unpaired) electrons. The highest BCUT2D eigenvalue weighted by Gasteiger charge is 2.01. The van der Waals surface area contributed by atoms with Crippen LogP contribution in [0.3, 0.4) is 0 Å². The van der Waals surface area contributed by atoms with E-state index in [4.69, 9.17) is 0 Å². The standard InChI is InChI=1S/C10H18N4/c1-7(2)12-9-5-6-11-10(14-9)13-8(3)4/h5-8H,1-4H3,(H2,11,12,13,14). The highest BCUT2D eigenvalue weighted by molar-refractivity contribution is 5.40. The molecule has 0 bridgehead atoms. The van der Waals surface area contributed by atoms with Crippen LogP contribution < -0.4 is 10.6 Å². The lowest BCUT2D eigenvalue weighted by Gasteiger charge is -2.11. The summed E-state index contributed by atoms with van der Waals surface area (Å²) in [6, 6.07) is 2.60. The zero-order chi connectivity index (χ0) is 10.6. The highest BCUT2D eigenvalue weighted by Crippen LogP contribution is 2.07. The Morgan fingerprint density at radius 3 is 2.29 bits per heavy atom. The van der Waals surface area contributed by atoms with Gasteiger partial charge in [-0.1, -0.05) is 0 Å². The predicted molar refractivity (Wildman–Crippen MR) is 59.5 cm³/mol. The SMILES string of the molecule is CC(C)Nc1ccnc(NC(C)C)n1. The van der Waals surface area contributed by atoms with E-state index in [2.05, 4.69) is 48.3 Å². The zero-order valence-corrected chi connectivity index (χ0v) is 9.20. The van der Waals surface area contributed by atoms with Crippen molar-refractivity contribution in [2.45, 2.75) is 39.8 Å². The van der Waals surface area contributed by atoms with Crippen LogP contribution in [0.2, 0.25) is 0 Å². The molecule has 1 aromatic rings. The van der Waals surface area contributed by atoms with E-state index in [1.807, 2.05) is 6.07 Å². The average Bonchev–Trinajstić information content (AvgIpc) is 2.01. The summed E-state index contributed by atoms with van der Waals surface area (Å²) in [5, 5.41) is 6.38. The van der Waals surface area contributed by atoms with Gasteiger partial charge in [-0.15, -0.1) is 0 Å². The van der Waals surface area contributed by atoms with Crippen molar-refractivity contribution in [2.75, 3.05) is 10.6 Å². The Hall–Kier alpha value is -1.32. The minimum atomic E-state index is 0.351. The Labute approximate surface area is 85.2 Å². The monoisotopic (exact) mass is 194 g/mol. The molecule has 0 unspecified atom stereocenters. The maximum atomic E-state index is 4.32. The van der Waals surface area contributed by atoms with E-state index >= 15 is 0 Å². The first-order valence-electron chi connectivity index (χ1n) is 4.94. The average molecular weight is 194 g/mol. The molecular formula is C10H18N4. The first-order valence-corrected chi connectivity index (χ1v) is 4.94. The van der Waals surface area contributed by atoms with Crippen LogP contribution in [-0.2, 0) is 0 Å². The summed E-state index contributed by atoms with van der Waals surface area (Å²) < 4.78 is 0. The molecule has 0 aliphatic heterocycles. The molecule has 14 heavy (non-hydrogen) atoms. The normalized spacial score (nSPS) is 10.7. The number of aromatic nitrogens is 2. The van der Waals surface area contributed by atoms with E-state index in [-0.39, 0.29) is 0 Å². The molecule has 1 heterocycles. The van der Waals surface area contributed by atoms with E-state index in [1.54, 1.807) is 6.20 Å². The quantitative estimate of drug-likeness (QED) is 0.770. The molecule has 4 heteroatoms. The third-order valence-corrected chi connectivity index (χ3v) is 1.51. The van der Waals surface area contributed by atoms with Gasteiger partial charge in [0.05, 0.1) is 0 Å². The van der Waals surface area contributed by atoms with Crippen molar-refractivity contribution in [1.82, 2.24) is 9.97 Å². The van der Waals surface area contributed by atoms with Gasteiger partial charge in [0.1, 0.15) is 5.82 Å². The highest BCUT2D eigenvalue weighted by atomic mass is 15.1. The molecule has 0 fully saturated rings. The second-order valence-corrected chi connectivity index (χ2v) is 3.86. The van der Waals surface area contributed by atoms with Crippen LogP contribution in [0.5, 0.6) is 0 Å². The van der Waals surface area contributed by atoms with Gasteiger partial charge in [-0.05, 0) is 33.8 Å². The van der Waals surface area contributed by atoms with Gasteiger partial charge in [0.2, 0.25) is 5.95 Å². The third kappa shape index (κ3) is 3.60. The summed E-state index contributed by atoms with van der Waals surface area (Å²) in [5.74, 6) is 1.53. The zero-order valence-electron chi connectivity index (χ0n) is 9.20. The number of hydrogen-bond acceptors (Lipinski definition) is 4. The molecule has 0 aliphatic carbocycles. The minimum Gasteiger partial charge on any atom is -0.368 e. The third-order valence-electron chi connectivity index (χ3n) is 1.51. The summed E-state index contributed by atoms with van der Waals surface area (Å²) in [7, 11) is 0. The number of hydrogen-bond donors (Lipinski definition) is 2. The van der Waals surface area contributed by atoms with Crippen molar-refractivity contribution in [2.24, 2.45) is 0 Å². The second-order valence-electron chi connectivity index (χ2n) is 3.86. The van der Waals surface area contributed by atoms with Crippen LogP contribution >= 0.6 is 0 Å². The van der Waals surface area contributed by atoms with Crippen LogP contribution in [0.15, 0.2) is 12.3 Å². The number of rotatable bonds is 4. The van der Waals surface area contributed by atoms with Crippen molar-refractivity contribution in [1.29, 1.82) is 0 Å². The van der Waals surface area contributed by atoms with Crippen LogP contribution in [0, 0.1) is 0 Å². The molecule has 0 saturated heterocycles. The molecule has 1 rings (SSSR count). The van der Waals surface area contributed by atoms with Crippen molar-refractivity contribution >= 4 is 11.8 Å². The predicted octanol–water partition coefficient (Wildman–Crippen LogP) is 2.12. The Morgan fingerprint density at radius 1 is 1.07 bits per heavy atom. The largest absolute Gasteiger partial charge is 0.368 e. The second kappa shape index (κ2) is 4.79. The fraction of sp³-hybridized carbons (Fsp3) is 0.600. The molecule has 78 valence electrons. The van der Waals surface area contributed by atoms with Crippen LogP contribution in [0.1, 0.15) is 27.7 Å². The van der Waals surface area contributed by atoms with Gasteiger partial charge < -0.3 is 10.6 Å². The topological polar surface area (TPSA) is 49.8 Å². The lowest BCUT2D eigenvalue weighted by molar-refractivity contribution is 0.862. The maximum absolute atomic E-state index is 4.32. The van der Waals surface area contributed by atoms with Gasteiger partial charge in [-0.25, -0.2) is 4.98 Å². The summed E-state index contributed by atoms with van der Waals surface area (Å²) in [6.07, 6.45) is 1.75. The Balaban J connectivity index is 2.68.